The molecule has 3 heterocycles. The molecule has 186 valence electrons. The third-order valence-electron chi connectivity index (χ3n) is 6.08. The molecule has 0 amide bonds. The zero-order chi connectivity index (χ0) is 26.1. The SMILES string of the molecule is COc1ccc(-c2nn(-c3ccccc3)cc2C=c2sc3nc(=O)c(Cc4ccccc4)nn3c2=O)cc1. The van der Waals surface area contributed by atoms with Crippen LogP contribution in [0.3, 0.4) is 0 Å². The third kappa shape index (κ3) is 4.51. The van der Waals surface area contributed by atoms with Crippen molar-refractivity contribution in [1.82, 2.24) is 24.4 Å². The first-order valence-electron chi connectivity index (χ1n) is 11.9. The van der Waals surface area contributed by atoms with E-state index >= 15 is 0 Å². The molecule has 0 fully saturated rings. The highest BCUT2D eigenvalue weighted by Gasteiger charge is 2.15. The number of rotatable bonds is 6. The van der Waals surface area contributed by atoms with Gasteiger partial charge in [0.15, 0.2) is 0 Å². The number of benzene rings is 3. The first-order valence-corrected chi connectivity index (χ1v) is 12.7. The van der Waals surface area contributed by atoms with Crippen LogP contribution in [0.2, 0.25) is 0 Å². The second-order valence-corrected chi connectivity index (χ2v) is 9.59. The van der Waals surface area contributed by atoms with Gasteiger partial charge in [0.05, 0.1) is 17.3 Å². The minimum absolute atomic E-state index is 0.228. The molecular weight excluding hydrogens is 498 g/mol. The Morgan fingerprint density at radius 1 is 0.895 bits per heavy atom. The summed E-state index contributed by atoms with van der Waals surface area (Å²) in [6, 6.07) is 26.8. The van der Waals surface area contributed by atoms with Crippen LogP contribution in [0.1, 0.15) is 16.8 Å². The van der Waals surface area contributed by atoms with Gasteiger partial charge in [0.1, 0.15) is 17.1 Å². The molecule has 9 heteroatoms. The van der Waals surface area contributed by atoms with Gasteiger partial charge in [-0.25, -0.2) is 4.68 Å². The van der Waals surface area contributed by atoms with E-state index in [9.17, 15) is 9.59 Å². The van der Waals surface area contributed by atoms with Crippen molar-refractivity contribution in [3.8, 4) is 22.7 Å². The van der Waals surface area contributed by atoms with Crippen molar-refractivity contribution in [2.75, 3.05) is 7.11 Å². The summed E-state index contributed by atoms with van der Waals surface area (Å²) >= 11 is 1.13. The molecule has 0 saturated heterocycles. The second kappa shape index (κ2) is 9.87. The summed E-state index contributed by atoms with van der Waals surface area (Å²) in [5.41, 5.74) is 3.59. The number of nitrogens with zero attached hydrogens (tertiary/aromatic N) is 5. The summed E-state index contributed by atoms with van der Waals surface area (Å²) < 4.78 is 8.69. The first-order chi connectivity index (χ1) is 18.6. The van der Waals surface area contributed by atoms with Crippen LogP contribution in [0.25, 0.3) is 28.0 Å². The number of aromatic nitrogens is 5. The molecule has 0 N–H and O–H groups in total. The number of methoxy groups -OCH3 is 1. The average molecular weight is 520 g/mol. The molecule has 0 radical (unpaired) electrons. The largest absolute Gasteiger partial charge is 0.497 e. The van der Waals surface area contributed by atoms with Gasteiger partial charge in [0.2, 0.25) is 4.96 Å². The fourth-order valence-electron chi connectivity index (χ4n) is 4.16. The Bertz CT molecular complexity index is 1910. The average Bonchev–Trinajstić information content (AvgIpc) is 3.51. The molecule has 0 aliphatic heterocycles. The van der Waals surface area contributed by atoms with Crippen molar-refractivity contribution < 1.29 is 4.74 Å². The van der Waals surface area contributed by atoms with Crippen molar-refractivity contribution in [3.63, 3.8) is 0 Å². The van der Waals surface area contributed by atoms with Crippen LogP contribution in [0, 0.1) is 0 Å². The topological polar surface area (TPSA) is 91.4 Å². The molecule has 0 aliphatic carbocycles. The molecule has 3 aromatic heterocycles. The maximum Gasteiger partial charge on any atom is 0.296 e. The van der Waals surface area contributed by atoms with E-state index in [4.69, 9.17) is 9.84 Å². The minimum atomic E-state index is -0.433. The highest BCUT2D eigenvalue weighted by molar-refractivity contribution is 7.15. The predicted molar refractivity (Wildman–Crippen MR) is 147 cm³/mol. The molecule has 0 bridgehead atoms. The standard InChI is InChI=1S/C29H21N5O3S/c1-37-23-14-12-20(13-15-23)26-21(18-33(32-26)22-10-6-3-7-11-22)17-25-28(36)34-29(38-25)30-27(35)24(31-34)16-19-8-4-2-5-9-19/h2-15,17-18H,16H2,1H3. The van der Waals surface area contributed by atoms with Crippen LogP contribution in [0.15, 0.2) is 101 Å². The van der Waals surface area contributed by atoms with E-state index in [2.05, 4.69) is 10.1 Å². The highest BCUT2D eigenvalue weighted by atomic mass is 32.1. The number of hydrogen-bond acceptors (Lipinski definition) is 7. The molecule has 0 atom stereocenters. The zero-order valence-corrected chi connectivity index (χ0v) is 21.1. The first kappa shape index (κ1) is 23.5. The van der Waals surface area contributed by atoms with E-state index in [1.54, 1.807) is 17.9 Å². The quantitative estimate of drug-likeness (QED) is 0.335. The summed E-state index contributed by atoms with van der Waals surface area (Å²) in [6.45, 7) is 0. The highest BCUT2D eigenvalue weighted by Crippen LogP contribution is 2.26. The van der Waals surface area contributed by atoms with Crippen LogP contribution in [0.5, 0.6) is 5.75 Å². The van der Waals surface area contributed by atoms with Gasteiger partial charge in [-0.05, 0) is 48.0 Å². The Morgan fingerprint density at radius 2 is 1.61 bits per heavy atom. The van der Waals surface area contributed by atoms with Gasteiger partial charge >= 0.3 is 0 Å². The number of para-hydroxylation sites is 1. The Kier molecular flexibility index (Phi) is 6.11. The molecule has 6 aromatic rings. The maximum absolute atomic E-state index is 13.4. The Morgan fingerprint density at radius 3 is 2.32 bits per heavy atom. The lowest BCUT2D eigenvalue weighted by atomic mass is 10.1. The number of ether oxygens (including phenoxy) is 1. The van der Waals surface area contributed by atoms with E-state index in [1.807, 2.05) is 91.1 Å². The molecule has 6 rings (SSSR count). The number of hydrogen-bond donors (Lipinski definition) is 0. The Hall–Kier alpha value is -4.89. The maximum atomic E-state index is 13.4. The molecular formula is C29H21N5O3S. The zero-order valence-electron chi connectivity index (χ0n) is 20.3. The number of thiazole rings is 1. The molecule has 0 aliphatic rings. The fourth-order valence-corrected chi connectivity index (χ4v) is 5.06. The van der Waals surface area contributed by atoms with Gasteiger partial charge in [0.25, 0.3) is 11.1 Å². The summed E-state index contributed by atoms with van der Waals surface area (Å²) in [7, 11) is 1.62. The van der Waals surface area contributed by atoms with E-state index < -0.39 is 5.56 Å². The predicted octanol–water partition coefficient (Wildman–Crippen LogP) is 3.51. The lowest BCUT2D eigenvalue weighted by Gasteiger charge is -2.02. The summed E-state index contributed by atoms with van der Waals surface area (Å²) in [5, 5.41) is 9.19. The second-order valence-electron chi connectivity index (χ2n) is 8.58. The van der Waals surface area contributed by atoms with E-state index in [1.165, 1.54) is 4.52 Å². The van der Waals surface area contributed by atoms with E-state index in [0.29, 0.717) is 16.6 Å². The fraction of sp³-hybridized carbons (Fsp3) is 0.0690. The van der Waals surface area contributed by atoms with Crippen LogP contribution in [-0.2, 0) is 6.42 Å². The van der Waals surface area contributed by atoms with Gasteiger partial charge in [-0.15, -0.1) is 0 Å². The van der Waals surface area contributed by atoms with E-state index in [-0.39, 0.29) is 16.2 Å². The van der Waals surface area contributed by atoms with Crippen molar-refractivity contribution in [2.24, 2.45) is 0 Å². The van der Waals surface area contributed by atoms with Crippen LogP contribution < -0.4 is 20.4 Å². The molecule has 0 unspecified atom stereocenters. The van der Waals surface area contributed by atoms with Gasteiger partial charge < -0.3 is 4.74 Å². The molecule has 38 heavy (non-hydrogen) atoms. The van der Waals surface area contributed by atoms with Crippen molar-refractivity contribution in [3.05, 3.63) is 133 Å². The molecule has 0 saturated carbocycles. The van der Waals surface area contributed by atoms with Crippen molar-refractivity contribution in [2.45, 2.75) is 6.42 Å². The summed E-state index contributed by atoms with van der Waals surface area (Å²) in [6.07, 6.45) is 3.95. The van der Waals surface area contributed by atoms with Gasteiger partial charge in [-0.3, -0.25) is 9.59 Å². The Labute approximate surface area is 220 Å². The number of fused-ring (bicyclic) bond motifs is 1. The van der Waals surface area contributed by atoms with Gasteiger partial charge in [-0.2, -0.15) is 19.7 Å². The van der Waals surface area contributed by atoms with Crippen LogP contribution >= 0.6 is 11.3 Å². The molecule has 8 nitrogen and oxygen atoms in total. The molecule has 3 aromatic carbocycles. The van der Waals surface area contributed by atoms with Gasteiger partial charge in [0, 0.05) is 23.7 Å². The lowest BCUT2D eigenvalue weighted by Crippen LogP contribution is -2.28. The summed E-state index contributed by atoms with van der Waals surface area (Å²) in [5.74, 6) is 0.737. The monoisotopic (exact) mass is 519 g/mol. The van der Waals surface area contributed by atoms with Gasteiger partial charge in [-0.1, -0.05) is 59.9 Å². The third-order valence-corrected chi connectivity index (χ3v) is 7.04. The summed E-state index contributed by atoms with van der Waals surface area (Å²) in [4.78, 5) is 30.4. The van der Waals surface area contributed by atoms with Crippen molar-refractivity contribution in [1.29, 1.82) is 0 Å². The van der Waals surface area contributed by atoms with E-state index in [0.717, 1.165) is 39.5 Å². The lowest BCUT2D eigenvalue weighted by molar-refractivity contribution is 0.415. The smallest absolute Gasteiger partial charge is 0.296 e. The Balaban J connectivity index is 1.48. The van der Waals surface area contributed by atoms with Crippen molar-refractivity contribution >= 4 is 22.4 Å². The minimum Gasteiger partial charge on any atom is -0.497 e. The van der Waals surface area contributed by atoms with Crippen LogP contribution in [-0.4, -0.2) is 31.5 Å². The normalized spacial score (nSPS) is 11.8. The molecule has 0 spiro atoms. The van der Waals surface area contributed by atoms with Crippen LogP contribution in [0.4, 0.5) is 0 Å².